The molecule has 3 N–H and O–H groups in total. The van der Waals surface area contributed by atoms with Crippen molar-refractivity contribution in [2.24, 2.45) is 11.7 Å². The van der Waals surface area contributed by atoms with Crippen molar-refractivity contribution in [3.8, 4) is 0 Å². The van der Waals surface area contributed by atoms with E-state index in [0.717, 1.165) is 5.56 Å². The number of nitrogens with zero attached hydrogens (tertiary/aromatic N) is 1. The average molecular weight is 372 g/mol. The zero-order valence-corrected chi connectivity index (χ0v) is 15.4. The number of Topliss-reactive ketones (excluding diaryl/α,β-unsaturated/α-hetero) is 1. The minimum Gasteiger partial charge on any atom is -0.369 e. The first kappa shape index (κ1) is 19.8. The van der Waals surface area contributed by atoms with E-state index in [2.05, 4.69) is 10.3 Å². The molecule has 2 atom stereocenters. The Bertz CT molecular complexity index is 732. The van der Waals surface area contributed by atoms with Crippen LogP contribution in [0.3, 0.4) is 0 Å². The van der Waals surface area contributed by atoms with Gasteiger partial charge in [-0.1, -0.05) is 37.3 Å². The second-order valence-corrected chi connectivity index (χ2v) is 6.92. The first-order valence-electron chi connectivity index (χ1n) is 8.38. The van der Waals surface area contributed by atoms with Gasteiger partial charge in [0.05, 0.1) is 12.5 Å². The van der Waals surface area contributed by atoms with Crippen LogP contribution in [0.15, 0.2) is 41.9 Å². The smallest absolute Gasteiger partial charge is 0.224 e. The van der Waals surface area contributed by atoms with Crippen LogP contribution in [-0.2, 0) is 16.0 Å². The quantitative estimate of drug-likeness (QED) is 0.624. The summed E-state index contributed by atoms with van der Waals surface area (Å²) in [5.74, 6) is -1.49. The standard InChI is InChI=1S/C19H22N3O3S/c1-13(18(20)25)7-10-16(23)22-15(17(24)19-21-11-12-26-19)9-8-14-5-3-2-4-6-14/h2-6,10-13,15H,7-9H2,1H3,(H2,20,25)(H,22,23)/t13-,15-/m0/s1. The first-order valence-corrected chi connectivity index (χ1v) is 9.26. The van der Waals surface area contributed by atoms with Crippen molar-refractivity contribution >= 4 is 28.9 Å². The molecular formula is C19H22N3O3S. The zero-order chi connectivity index (χ0) is 18.9. The summed E-state index contributed by atoms with van der Waals surface area (Å²) in [5.41, 5.74) is 6.28. The molecule has 7 heteroatoms. The lowest BCUT2D eigenvalue weighted by Crippen LogP contribution is -2.41. The molecule has 0 fully saturated rings. The van der Waals surface area contributed by atoms with Crippen molar-refractivity contribution in [1.29, 1.82) is 0 Å². The number of thiazole rings is 1. The summed E-state index contributed by atoms with van der Waals surface area (Å²) < 4.78 is 0. The summed E-state index contributed by atoms with van der Waals surface area (Å²) in [5, 5.41) is 4.84. The summed E-state index contributed by atoms with van der Waals surface area (Å²) in [4.78, 5) is 39.9. The molecule has 0 saturated heterocycles. The average Bonchev–Trinajstić information content (AvgIpc) is 3.18. The highest BCUT2D eigenvalue weighted by molar-refractivity contribution is 7.11. The van der Waals surface area contributed by atoms with E-state index in [0.29, 0.717) is 17.8 Å². The van der Waals surface area contributed by atoms with E-state index < -0.39 is 17.9 Å². The molecule has 0 spiro atoms. The van der Waals surface area contributed by atoms with E-state index in [4.69, 9.17) is 5.73 Å². The summed E-state index contributed by atoms with van der Waals surface area (Å²) in [6.45, 7) is 1.65. The molecule has 137 valence electrons. The molecule has 2 rings (SSSR count). The Morgan fingerprint density at radius 3 is 2.62 bits per heavy atom. The van der Waals surface area contributed by atoms with Gasteiger partial charge in [-0.3, -0.25) is 14.4 Å². The maximum atomic E-state index is 12.7. The Morgan fingerprint density at radius 2 is 2.00 bits per heavy atom. The normalized spacial score (nSPS) is 13.0. The third-order valence-electron chi connectivity index (χ3n) is 3.98. The van der Waals surface area contributed by atoms with Crippen LogP contribution < -0.4 is 11.1 Å². The van der Waals surface area contributed by atoms with Crippen LogP contribution in [0.5, 0.6) is 0 Å². The van der Waals surface area contributed by atoms with Gasteiger partial charge in [0.25, 0.3) is 0 Å². The number of benzene rings is 1. The minimum atomic E-state index is -0.672. The molecule has 0 aliphatic heterocycles. The number of aryl methyl sites for hydroxylation is 1. The molecule has 6 nitrogen and oxygen atoms in total. The Balaban J connectivity index is 1.99. The molecule has 1 heterocycles. The van der Waals surface area contributed by atoms with Crippen molar-refractivity contribution in [3.63, 3.8) is 0 Å². The second kappa shape index (κ2) is 9.82. The number of amides is 2. The second-order valence-electron chi connectivity index (χ2n) is 6.03. The van der Waals surface area contributed by atoms with Gasteiger partial charge in [0.15, 0.2) is 5.01 Å². The van der Waals surface area contributed by atoms with E-state index in [1.807, 2.05) is 30.3 Å². The number of rotatable bonds is 10. The van der Waals surface area contributed by atoms with Gasteiger partial charge in [-0.15, -0.1) is 11.3 Å². The SMILES string of the molecule is C[C@@H](C[CH]C(=O)N[C@@H](CCc1ccccc1)C(=O)c1nccs1)C(N)=O. The molecule has 2 amide bonds. The fourth-order valence-electron chi connectivity index (χ4n) is 2.35. The van der Waals surface area contributed by atoms with Crippen molar-refractivity contribution in [3.05, 3.63) is 58.9 Å². The summed E-state index contributed by atoms with van der Waals surface area (Å²) in [6.07, 6.45) is 4.28. The van der Waals surface area contributed by atoms with Crippen molar-refractivity contribution in [2.75, 3.05) is 0 Å². The zero-order valence-electron chi connectivity index (χ0n) is 14.6. The van der Waals surface area contributed by atoms with Gasteiger partial charge in [-0.05, 0) is 24.8 Å². The maximum Gasteiger partial charge on any atom is 0.224 e. The molecule has 1 aromatic heterocycles. The van der Waals surface area contributed by atoms with Gasteiger partial charge in [0.2, 0.25) is 17.6 Å². The number of hydrogen-bond acceptors (Lipinski definition) is 5. The van der Waals surface area contributed by atoms with Crippen LogP contribution in [0, 0.1) is 12.3 Å². The Kier molecular flexibility index (Phi) is 7.47. The summed E-state index contributed by atoms with van der Waals surface area (Å²) in [6, 6.07) is 9.09. The molecule has 0 aliphatic rings. The molecule has 2 aromatic rings. The van der Waals surface area contributed by atoms with Crippen molar-refractivity contribution in [2.45, 2.75) is 32.2 Å². The van der Waals surface area contributed by atoms with Gasteiger partial charge >= 0.3 is 0 Å². The predicted octanol–water partition coefficient (Wildman–Crippen LogP) is 2.16. The fourth-order valence-corrected chi connectivity index (χ4v) is 2.98. The molecule has 26 heavy (non-hydrogen) atoms. The molecular weight excluding hydrogens is 350 g/mol. The third kappa shape index (κ3) is 6.07. The van der Waals surface area contributed by atoms with Crippen LogP contribution >= 0.6 is 11.3 Å². The summed E-state index contributed by atoms with van der Waals surface area (Å²) in [7, 11) is 0. The van der Waals surface area contributed by atoms with Crippen LogP contribution in [0.4, 0.5) is 0 Å². The van der Waals surface area contributed by atoms with Gasteiger partial charge < -0.3 is 11.1 Å². The van der Waals surface area contributed by atoms with Crippen LogP contribution in [-0.4, -0.2) is 28.6 Å². The van der Waals surface area contributed by atoms with E-state index in [9.17, 15) is 14.4 Å². The Morgan fingerprint density at radius 1 is 1.27 bits per heavy atom. The maximum absolute atomic E-state index is 12.7. The number of nitrogens with one attached hydrogen (secondary N) is 1. The van der Waals surface area contributed by atoms with Crippen LogP contribution in [0.1, 0.15) is 35.1 Å². The largest absolute Gasteiger partial charge is 0.369 e. The number of ketones is 1. The Labute approximate surface area is 156 Å². The lowest BCUT2D eigenvalue weighted by molar-refractivity contribution is -0.121. The fraction of sp³-hybridized carbons (Fsp3) is 0.316. The number of primary amides is 1. The highest BCUT2D eigenvalue weighted by Gasteiger charge is 2.24. The number of carbonyl (C=O) groups is 3. The highest BCUT2D eigenvalue weighted by Crippen LogP contribution is 2.13. The number of hydrogen-bond donors (Lipinski definition) is 2. The molecule has 0 saturated carbocycles. The van der Waals surface area contributed by atoms with Gasteiger partial charge in [-0.2, -0.15) is 0 Å². The van der Waals surface area contributed by atoms with Gasteiger partial charge in [-0.25, -0.2) is 4.98 Å². The molecule has 1 aromatic carbocycles. The molecule has 1 radical (unpaired) electrons. The molecule has 0 aliphatic carbocycles. The molecule has 0 bridgehead atoms. The first-order chi connectivity index (χ1) is 12.5. The number of aromatic nitrogens is 1. The van der Waals surface area contributed by atoms with E-state index in [1.54, 1.807) is 18.5 Å². The van der Waals surface area contributed by atoms with Crippen molar-refractivity contribution in [1.82, 2.24) is 10.3 Å². The third-order valence-corrected chi connectivity index (χ3v) is 4.77. The molecule has 0 unspecified atom stereocenters. The lowest BCUT2D eigenvalue weighted by Gasteiger charge is -2.17. The van der Waals surface area contributed by atoms with Gasteiger partial charge in [0.1, 0.15) is 0 Å². The van der Waals surface area contributed by atoms with E-state index in [-0.39, 0.29) is 18.1 Å². The topological polar surface area (TPSA) is 102 Å². The van der Waals surface area contributed by atoms with Crippen LogP contribution in [0.25, 0.3) is 0 Å². The lowest BCUT2D eigenvalue weighted by atomic mass is 10.0. The van der Waals surface area contributed by atoms with Gasteiger partial charge in [0, 0.05) is 17.5 Å². The van der Waals surface area contributed by atoms with Crippen LogP contribution in [0.2, 0.25) is 0 Å². The summed E-state index contributed by atoms with van der Waals surface area (Å²) >= 11 is 1.25. The number of carbonyl (C=O) groups excluding carboxylic acids is 3. The Hall–Kier alpha value is -2.54. The van der Waals surface area contributed by atoms with E-state index >= 15 is 0 Å². The monoisotopic (exact) mass is 372 g/mol. The highest BCUT2D eigenvalue weighted by atomic mass is 32.1. The van der Waals surface area contributed by atoms with E-state index in [1.165, 1.54) is 17.8 Å². The number of nitrogens with two attached hydrogens (primary N) is 1. The van der Waals surface area contributed by atoms with Crippen molar-refractivity contribution < 1.29 is 14.4 Å². The minimum absolute atomic E-state index is 0.208. The predicted molar refractivity (Wildman–Crippen MR) is 100 cm³/mol.